The molecule has 114 valence electrons. The number of hydrogen-bond donors (Lipinski definition) is 2. The lowest BCUT2D eigenvalue weighted by Gasteiger charge is -2.18. The average molecular weight is 351 g/mol. The third-order valence-corrected chi connectivity index (χ3v) is 4.14. The van der Waals surface area contributed by atoms with Crippen LogP contribution in [0.4, 0.5) is 11.4 Å². The van der Waals surface area contributed by atoms with Crippen LogP contribution in [-0.4, -0.2) is 36.1 Å². The van der Waals surface area contributed by atoms with Gasteiger partial charge in [-0.15, -0.1) is 0 Å². The molecule has 2 aromatic rings. The number of rotatable bonds is 7. The number of fused-ring (bicyclic) bond motifs is 1. The maximum atomic E-state index is 6.03. The van der Waals surface area contributed by atoms with Crippen LogP contribution in [-0.2, 0) is 0 Å². The van der Waals surface area contributed by atoms with Crippen LogP contribution >= 0.6 is 15.9 Å². The van der Waals surface area contributed by atoms with Crippen molar-refractivity contribution in [3.05, 3.63) is 28.9 Å². The Morgan fingerprint density at radius 3 is 2.76 bits per heavy atom. The number of aromatic nitrogens is 1. The SMILES string of the molecule is CCN(CC)CCCNc1ccc(N)c2cc(Br)cnc12. The van der Waals surface area contributed by atoms with Crippen molar-refractivity contribution in [3.63, 3.8) is 0 Å². The first-order valence-electron chi connectivity index (χ1n) is 7.45. The van der Waals surface area contributed by atoms with Gasteiger partial charge in [-0.25, -0.2) is 0 Å². The van der Waals surface area contributed by atoms with E-state index in [0.29, 0.717) is 0 Å². The highest BCUT2D eigenvalue weighted by molar-refractivity contribution is 9.10. The Kier molecular flexibility index (Phi) is 5.82. The zero-order valence-corrected chi connectivity index (χ0v) is 14.3. The Hall–Kier alpha value is -1.33. The number of halogens is 1. The zero-order valence-electron chi connectivity index (χ0n) is 12.7. The predicted molar refractivity (Wildman–Crippen MR) is 94.8 cm³/mol. The van der Waals surface area contributed by atoms with Gasteiger partial charge in [0.25, 0.3) is 0 Å². The third-order valence-electron chi connectivity index (χ3n) is 3.71. The van der Waals surface area contributed by atoms with E-state index in [1.807, 2.05) is 24.4 Å². The number of hydrogen-bond acceptors (Lipinski definition) is 4. The summed E-state index contributed by atoms with van der Waals surface area (Å²) in [6, 6.07) is 5.96. The normalized spacial score (nSPS) is 11.2. The molecule has 21 heavy (non-hydrogen) atoms. The van der Waals surface area contributed by atoms with Crippen molar-refractivity contribution in [1.82, 2.24) is 9.88 Å². The number of nitrogens with one attached hydrogen (secondary N) is 1. The van der Waals surface area contributed by atoms with Crippen molar-refractivity contribution in [2.45, 2.75) is 20.3 Å². The summed E-state index contributed by atoms with van der Waals surface area (Å²) in [5, 5.41) is 4.46. The van der Waals surface area contributed by atoms with Gasteiger partial charge < -0.3 is 16.0 Å². The highest BCUT2D eigenvalue weighted by Crippen LogP contribution is 2.28. The Morgan fingerprint density at radius 1 is 1.29 bits per heavy atom. The Balaban J connectivity index is 2.04. The fourth-order valence-electron chi connectivity index (χ4n) is 2.42. The number of anilines is 2. The molecule has 0 atom stereocenters. The average Bonchev–Trinajstić information content (AvgIpc) is 2.50. The molecule has 5 heteroatoms. The van der Waals surface area contributed by atoms with Crippen molar-refractivity contribution in [2.24, 2.45) is 0 Å². The molecule has 4 nitrogen and oxygen atoms in total. The first kappa shape index (κ1) is 16.0. The molecule has 3 N–H and O–H groups in total. The third kappa shape index (κ3) is 4.08. The fourth-order valence-corrected chi connectivity index (χ4v) is 2.76. The fraction of sp³-hybridized carbons (Fsp3) is 0.438. The van der Waals surface area contributed by atoms with Gasteiger partial charge in [-0.3, -0.25) is 4.98 Å². The molecule has 0 unspecified atom stereocenters. The van der Waals surface area contributed by atoms with Crippen LogP contribution in [0.1, 0.15) is 20.3 Å². The topological polar surface area (TPSA) is 54.2 Å². The number of nitrogen functional groups attached to an aromatic ring is 1. The largest absolute Gasteiger partial charge is 0.398 e. The maximum absolute atomic E-state index is 6.03. The molecule has 0 spiro atoms. The molecule has 0 aliphatic rings. The molecule has 0 fully saturated rings. The van der Waals surface area contributed by atoms with Gasteiger partial charge in [-0.2, -0.15) is 0 Å². The molecule has 0 saturated carbocycles. The summed E-state index contributed by atoms with van der Waals surface area (Å²) in [5.74, 6) is 0. The molecular formula is C16H23BrN4. The van der Waals surface area contributed by atoms with E-state index in [1.54, 1.807) is 0 Å². The van der Waals surface area contributed by atoms with Crippen LogP contribution in [0.3, 0.4) is 0 Å². The number of nitrogens with two attached hydrogens (primary N) is 1. The number of benzene rings is 1. The zero-order chi connectivity index (χ0) is 15.2. The molecule has 2 rings (SSSR count). The number of pyridine rings is 1. The molecule has 0 aliphatic carbocycles. The quantitative estimate of drug-likeness (QED) is 0.590. The molecule has 1 aromatic heterocycles. The minimum Gasteiger partial charge on any atom is -0.398 e. The minimum absolute atomic E-state index is 0.757. The summed E-state index contributed by atoms with van der Waals surface area (Å²) < 4.78 is 0.945. The van der Waals surface area contributed by atoms with Crippen molar-refractivity contribution in [2.75, 3.05) is 37.2 Å². The lowest BCUT2D eigenvalue weighted by molar-refractivity contribution is 0.303. The van der Waals surface area contributed by atoms with Crippen LogP contribution < -0.4 is 11.1 Å². The Labute approximate surface area is 134 Å². The minimum atomic E-state index is 0.757. The van der Waals surface area contributed by atoms with Crippen molar-refractivity contribution in [3.8, 4) is 0 Å². The van der Waals surface area contributed by atoms with E-state index >= 15 is 0 Å². The molecule has 0 radical (unpaired) electrons. The van der Waals surface area contributed by atoms with Crippen LogP contribution in [0.15, 0.2) is 28.9 Å². The van der Waals surface area contributed by atoms with Crippen molar-refractivity contribution < 1.29 is 0 Å². The molecule has 0 saturated heterocycles. The summed E-state index contributed by atoms with van der Waals surface area (Å²) in [7, 11) is 0. The highest BCUT2D eigenvalue weighted by Gasteiger charge is 2.06. The standard InChI is InChI=1S/C16H23BrN4/c1-3-21(4-2)9-5-8-19-15-7-6-14(18)13-10-12(17)11-20-16(13)15/h6-7,10-11,19H,3-5,8-9,18H2,1-2H3. The van der Waals surface area contributed by atoms with Gasteiger partial charge in [-0.1, -0.05) is 13.8 Å². The van der Waals surface area contributed by atoms with E-state index < -0.39 is 0 Å². The summed E-state index contributed by atoms with van der Waals surface area (Å²) in [4.78, 5) is 6.92. The number of nitrogens with zero attached hydrogens (tertiary/aromatic N) is 2. The van der Waals surface area contributed by atoms with Gasteiger partial charge in [0.1, 0.15) is 0 Å². The van der Waals surface area contributed by atoms with Gasteiger partial charge in [0.15, 0.2) is 0 Å². The monoisotopic (exact) mass is 350 g/mol. The lowest BCUT2D eigenvalue weighted by Crippen LogP contribution is -2.25. The first-order chi connectivity index (χ1) is 10.2. The van der Waals surface area contributed by atoms with E-state index in [2.05, 4.69) is 45.0 Å². The highest BCUT2D eigenvalue weighted by atomic mass is 79.9. The Bertz CT molecular complexity index is 596. The second-order valence-electron chi connectivity index (χ2n) is 5.06. The molecule has 0 amide bonds. The summed E-state index contributed by atoms with van der Waals surface area (Å²) in [6.07, 6.45) is 2.92. The predicted octanol–water partition coefficient (Wildman–Crippen LogP) is 3.72. The van der Waals surface area contributed by atoms with Crippen LogP contribution in [0.2, 0.25) is 0 Å². The molecular weight excluding hydrogens is 328 g/mol. The van der Waals surface area contributed by atoms with Gasteiger partial charge in [-0.05, 0) is 60.2 Å². The smallest absolute Gasteiger partial charge is 0.0954 e. The van der Waals surface area contributed by atoms with Gasteiger partial charge >= 0.3 is 0 Å². The van der Waals surface area contributed by atoms with Crippen molar-refractivity contribution in [1.29, 1.82) is 0 Å². The molecule has 0 bridgehead atoms. The van der Waals surface area contributed by atoms with Gasteiger partial charge in [0.05, 0.1) is 11.2 Å². The van der Waals surface area contributed by atoms with Crippen molar-refractivity contribution >= 4 is 38.2 Å². The Morgan fingerprint density at radius 2 is 2.05 bits per heavy atom. The van der Waals surface area contributed by atoms with E-state index in [9.17, 15) is 0 Å². The summed E-state index contributed by atoms with van der Waals surface area (Å²) >= 11 is 3.44. The summed E-state index contributed by atoms with van der Waals surface area (Å²) in [5.41, 5.74) is 8.77. The first-order valence-corrected chi connectivity index (χ1v) is 8.25. The van der Waals surface area contributed by atoms with Crippen LogP contribution in [0.25, 0.3) is 10.9 Å². The maximum Gasteiger partial charge on any atom is 0.0954 e. The molecule has 1 heterocycles. The lowest BCUT2D eigenvalue weighted by atomic mass is 10.1. The van der Waals surface area contributed by atoms with Crippen LogP contribution in [0, 0.1) is 0 Å². The van der Waals surface area contributed by atoms with E-state index in [-0.39, 0.29) is 0 Å². The summed E-state index contributed by atoms with van der Waals surface area (Å²) in [6.45, 7) is 8.67. The van der Waals surface area contributed by atoms with Gasteiger partial charge in [0.2, 0.25) is 0 Å². The van der Waals surface area contributed by atoms with Gasteiger partial charge in [0, 0.05) is 28.3 Å². The van der Waals surface area contributed by atoms with E-state index in [0.717, 1.165) is 59.4 Å². The second kappa shape index (κ2) is 7.61. The van der Waals surface area contributed by atoms with E-state index in [4.69, 9.17) is 5.73 Å². The second-order valence-corrected chi connectivity index (χ2v) is 5.97. The molecule has 1 aromatic carbocycles. The van der Waals surface area contributed by atoms with E-state index in [1.165, 1.54) is 0 Å². The van der Waals surface area contributed by atoms with Crippen LogP contribution in [0.5, 0.6) is 0 Å². The molecule has 0 aliphatic heterocycles.